The van der Waals surface area contributed by atoms with Crippen LogP contribution in [0.4, 0.5) is 0 Å². The van der Waals surface area contributed by atoms with E-state index in [2.05, 4.69) is 390 Å². The van der Waals surface area contributed by atoms with Crippen molar-refractivity contribution < 1.29 is 13.3 Å². The van der Waals surface area contributed by atoms with Gasteiger partial charge in [-0.2, -0.15) is 0 Å². The Bertz CT molecular complexity index is 11300. The van der Waals surface area contributed by atoms with Crippen LogP contribution in [0.5, 0.6) is 0 Å². The van der Waals surface area contributed by atoms with Gasteiger partial charge in [-0.15, -0.1) is 34.0 Å². The molecule has 0 N–H and O–H groups in total. The van der Waals surface area contributed by atoms with E-state index in [0.717, 1.165) is 144 Å². The summed E-state index contributed by atoms with van der Waals surface area (Å²) in [4.78, 5) is 32.4. The van der Waals surface area contributed by atoms with E-state index in [0.29, 0.717) is 34.6 Å². The van der Waals surface area contributed by atoms with Crippen LogP contribution in [0.1, 0.15) is 0 Å². The van der Waals surface area contributed by atoms with Crippen molar-refractivity contribution in [1.82, 2.24) is 43.6 Å². The SMILES string of the molecule is c1ccc(-c2ccc(-c3nc(-n4c5ccccc5c5c6c7ccccc7sc6c6ccccc6c54)nc4c3oc3ccccc34)cc2)cc1.c1ccc(-c2cccc(-c3nc(-n4c5ccccc5c5c6c7ccccc7sc6c6ccccc6c54)nc4c3oc3ccccc34)c2)cc1.c1ccc2c(-c3nc(-n4c5ccccc5c5c6c7ccccc7sc6c6ccccc6c54)nc4c3oc3ccccc34)cccc2c1. The molecule has 0 amide bonds. The number of furan rings is 3. The topological polar surface area (TPSA) is 132 Å². The van der Waals surface area contributed by atoms with Crippen molar-refractivity contribution in [3.63, 3.8) is 0 Å². The molecule has 21 aromatic carbocycles. The highest BCUT2D eigenvalue weighted by Gasteiger charge is 2.32. The number of benzene rings is 21. The van der Waals surface area contributed by atoms with Gasteiger partial charge >= 0.3 is 0 Å². The first-order valence-electron chi connectivity index (χ1n) is 48.6. The second-order valence-corrected chi connectivity index (χ2v) is 40.3. The Morgan fingerprint density at radius 2 is 0.469 bits per heavy atom. The van der Waals surface area contributed by atoms with Crippen LogP contribution in [0.3, 0.4) is 0 Å². The van der Waals surface area contributed by atoms with Crippen molar-refractivity contribution in [2.24, 2.45) is 0 Å². The Labute approximate surface area is 836 Å². The summed E-state index contributed by atoms with van der Waals surface area (Å²) in [6.07, 6.45) is 0. The van der Waals surface area contributed by atoms with Crippen LogP contribution in [-0.4, -0.2) is 43.6 Å². The second kappa shape index (κ2) is 31.9. The lowest BCUT2D eigenvalue weighted by atomic mass is 10.00. The molecule has 0 fully saturated rings. The van der Waals surface area contributed by atoms with E-state index in [-0.39, 0.29) is 0 Å². The average molecular weight is 1910 g/mol. The average Bonchev–Trinajstić information content (AvgIpc) is 1.54. The van der Waals surface area contributed by atoms with E-state index >= 15 is 0 Å². The molecule has 12 heterocycles. The van der Waals surface area contributed by atoms with E-state index in [1.54, 1.807) is 0 Å². The summed E-state index contributed by atoms with van der Waals surface area (Å²) in [6, 6.07) is 156. The number of aromatic nitrogens is 9. The number of hydrogen-bond donors (Lipinski definition) is 0. The third-order valence-electron chi connectivity index (χ3n) is 29.2. The van der Waals surface area contributed by atoms with Crippen molar-refractivity contribution in [2.75, 3.05) is 0 Å². The Kier molecular flexibility index (Phi) is 17.9. The zero-order valence-corrected chi connectivity index (χ0v) is 79.6. The molecule has 0 aliphatic carbocycles. The van der Waals surface area contributed by atoms with Gasteiger partial charge in [-0.1, -0.05) is 364 Å². The highest BCUT2D eigenvalue weighted by atomic mass is 32.1. The Balaban J connectivity index is 0.0000000990. The van der Waals surface area contributed by atoms with Crippen LogP contribution in [0.15, 0.2) is 456 Å². The molecule has 145 heavy (non-hydrogen) atoms. The summed E-state index contributed by atoms with van der Waals surface area (Å²) in [7, 11) is 0. The number of thiophene rings is 3. The van der Waals surface area contributed by atoms with Crippen LogP contribution in [0, 0.1) is 0 Å². The molecule has 0 saturated carbocycles. The number of para-hydroxylation sites is 6. The first-order chi connectivity index (χ1) is 72.0. The molecule has 12 nitrogen and oxygen atoms in total. The van der Waals surface area contributed by atoms with Crippen LogP contribution < -0.4 is 0 Å². The lowest BCUT2D eigenvalue weighted by molar-refractivity contribution is 0.666. The molecule has 33 rings (SSSR count). The minimum Gasteiger partial charge on any atom is -0.452 e. The van der Waals surface area contributed by atoms with Gasteiger partial charge in [0, 0.05) is 158 Å². The third-order valence-corrected chi connectivity index (χ3v) is 32.8. The summed E-state index contributed by atoms with van der Waals surface area (Å²) >= 11 is 5.61. The van der Waals surface area contributed by atoms with Gasteiger partial charge in [0.1, 0.15) is 50.4 Å². The Morgan fingerprint density at radius 3 is 0.890 bits per heavy atom. The molecular formula is C130H73N9O3S3. The summed E-state index contributed by atoms with van der Waals surface area (Å²) in [5.74, 6) is 1.87. The summed E-state index contributed by atoms with van der Waals surface area (Å²) in [5, 5.41) is 27.4. The maximum Gasteiger partial charge on any atom is 0.236 e. The van der Waals surface area contributed by atoms with E-state index in [1.165, 1.54) is 131 Å². The molecule has 0 aliphatic heterocycles. The largest absolute Gasteiger partial charge is 0.452 e. The fourth-order valence-corrected chi connectivity index (χ4v) is 26.7. The van der Waals surface area contributed by atoms with Crippen molar-refractivity contribution in [1.29, 1.82) is 0 Å². The molecule has 0 spiro atoms. The van der Waals surface area contributed by atoms with Gasteiger partial charge in [0.05, 0.1) is 33.1 Å². The van der Waals surface area contributed by atoms with Crippen LogP contribution in [0.2, 0.25) is 0 Å². The molecule has 0 unspecified atom stereocenters. The van der Waals surface area contributed by atoms with Gasteiger partial charge in [0.15, 0.2) is 16.7 Å². The summed E-state index contributed by atoms with van der Waals surface area (Å²) in [6.45, 7) is 0. The maximum atomic E-state index is 6.57. The molecule has 15 heteroatoms. The van der Waals surface area contributed by atoms with Crippen LogP contribution in [0.25, 0.3) is 309 Å². The molecule has 674 valence electrons. The number of nitrogens with zero attached hydrogens (tertiary/aromatic N) is 9. The van der Waals surface area contributed by atoms with E-state index in [4.69, 9.17) is 43.2 Å². The van der Waals surface area contributed by atoms with E-state index < -0.39 is 0 Å². The quantitative estimate of drug-likeness (QED) is 0.146. The van der Waals surface area contributed by atoms with Gasteiger partial charge < -0.3 is 13.3 Å². The van der Waals surface area contributed by atoms with Crippen molar-refractivity contribution in [3.8, 4) is 73.9 Å². The summed E-state index contributed by atoms with van der Waals surface area (Å²) in [5.41, 5.74) is 23.4. The fourth-order valence-electron chi connectivity index (χ4n) is 23.0. The predicted octanol–water partition coefficient (Wildman–Crippen LogP) is 36.5. The van der Waals surface area contributed by atoms with Crippen molar-refractivity contribution >= 4 is 269 Å². The van der Waals surface area contributed by atoms with E-state index in [9.17, 15) is 0 Å². The smallest absolute Gasteiger partial charge is 0.236 e. The first-order valence-corrected chi connectivity index (χ1v) is 51.1. The monoisotopic (exact) mass is 1900 g/mol. The van der Waals surface area contributed by atoms with Gasteiger partial charge in [-0.25, -0.2) is 29.9 Å². The van der Waals surface area contributed by atoms with Gasteiger partial charge in [-0.3, -0.25) is 13.7 Å². The molecule has 0 bridgehead atoms. The summed E-state index contributed by atoms with van der Waals surface area (Å²) < 4.78 is 34.3. The van der Waals surface area contributed by atoms with Crippen LogP contribution >= 0.6 is 34.0 Å². The third kappa shape index (κ3) is 12.3. The zero-order chi connectivity index (χ0) is 94.7. The lowest BCUT2D eigenvalue weighted by Crippen LogP contribution is -2.03. The molecule has 0 aliphatic rings. The predicted molar refractivity (Wildman–Crippen MR) is 607 cm³/mol. The second-order valence-electron chi connectivity index (χ2n) is 37.1. The number of rotatable bonds is 8. The zero-order valence-electron chi connectivity index (χ0n) is 77.1. The maximum absolute atomic E-state index is 6.57. The van der Waals surface area contributed by atoms with Crippen molar-refractivity contribution in [3.05, 3.63) is 443 Å². The minimum absolute atomic E-state index is 0.620. The molecule has 0 atom stereocenters. The van der Waals surface area contributed by atoms with E-state index in [1.807, 2.05) is 101 Å². The van der Waals surface area contributed by atoms with Gasteiger partial charge in [-0.05, 0) is 112 Å². The van der Waals surface area contributed by atoms with Crippen LogP contribution in [-0.2, 0) is 0 Å². The van der Waals surface area contributed by atoms with Crippen molar-refractivity contribution in [2.45, 2.75) is 0 Å². The van der Waals surface area contributed by atoms with Gasteiger partial charge in [0.25, 0.3) is 0 Å². The standard InChI is InChI=1S/2C44H25N3OS.C42H23N3OS/c1-2-13-26(14-3-1)27-15-12-16-28(25-27)39-42-40(32-20-7-10-23-35(32)48-42)46-44(45-39)47-34-22-9-6-19-31(34)37-38-33-21-8-11-24-36(33)49-43(38)30-18-5-4-17-29(30)41(37)47;1-2-12-26(13-3-1)27-22-24-28(25-23-27)39-42-40(32-17-7-10-20-35(32)48-42)46-44(45-39)47-34-19-9-6-16-31(34)37-38-33-18-8-11-21-36(33)49-43(38)30-15-5-4-14-29(30)41(37)47;1-2-14-25-24(12-1)13-11-20-26(25)37-40-38(30-18-6-9-22-33(30)46-40)44-42(43-37)45-32-21-8-5-17-29(32)35-36-31-19-7-10-23-34(31)47-41(36)28-16-4-3-15-27(28)39(35)45/h2*1-25H;1-23H. The fraction of sp³-hybridized carbons (Fsp3) is 0. The molecule has 0 saturated heterocycles. The first kappa shape index (κ1) is 81.2. The molecule has 33 aromatic rings. The highest BCUT2D eigenvalue weighted by Crippen LogP contribution is 2.54. The number of hydrogen-bond acceptors (Lipinski definition) is 12. The molecule has 0 radical (unpaired) electrons. The normalized spacial score (nSPS) is 12.1. The minimum atomic E-state index is 0.620. The highest BCUT2D eigenvalue weighted by molar-refractivity contribution is 7.28. The molecule has 12 aromatic heterocycles. The Morgan fingerprint density at radius 1 is 0.186 bits per heavy atom. The number of fused-ring (bicyclic) bond motifs is 40. The lowest BCUT2D eigenvalue weighted by Gasteiger charge is -2.12. The molecular weight excluding hydrogens is 1830 g/mol. The van der Waals surface area contributed by atoms with Gasteiger partial charge in [0.2, 0.25) is 17.8 Å². The Hall–Kier alpha value is -18.6.